The molecule has 2 aromatic rings. The summed E-state index contributed by atoms with van der Waals surface area (Å²) in [6, 6.07) is 9.55. The first-order chi connectivity index (χ1) is 13.6. The van der Waals surface area contributed by atoms with E-state index in [1.54, 1.807) is 17.8 Å². The molecule has 1 fully saturated rings. The van der Waals surface area contributed by atoms with Gasteiger partial charge in [-0.3, -0.25) is 29.5 Å². The van der Waals surface area contributed by atoms with Gasteiger partial charge in [0.2, 0.25) is 5.91 Å². The van der Waals surface area contributed by atoms with Gasteiger partial charge in [0.05, 0.1) is 10.4 Å². The monoisotopic (exact) mass is 399 g/mol. The first-order valence-electron chi connectivity index (χ1n) is 9.12. The number of nitrogens with one attached hydrogen (secondary N) is 1. The molecule has 28 heavy (non-hydrogen) atoms. The molecular formula is C20H21N3O4S. The lowest BCUT2D eigenvalue weighted by atomic mass is 10.1. The average molecular weight is 399 g/mol. The molecule has 3 rings (SSSR count). The van der Waals surface area contributed by atoms with E-state index in [0.29, 0.717) is 24.3 Å². The minimum Gasteiger partial charge on any atom is -0.289 e. The van der Waals surface area contributed by atoms with E-state index in [2.05, 4.69) is 4.98 Å². The second kappa shape index (κ2) is 9.48. The van der Waals surface area contributed by atoms with Gasteiger partial charge >= 0.3 is 0 Å². The van der Waals surface area contributed by atoms with Crippen LogP contribution < -0.4 is 5.48 Å². The zero-order valence-corrected chi connectivity index (χ0v) is 16.1. The molecule has 0 saturated carbocycles. The highest BCUT2D eigenvalue weighted by molar-refractivity contribution is 8.18. The molecule has 1 aromatic heterocycles. The Hall–Kier alpha value is -2.71. The molecule has 1 saturated heterocycles. The van der Waals surface area contributed by atoms with Gasteiger partial charge in [0.25, 0.3) is 11.1 Å². The van der Waals surface area contributed by atoms with E-state index in [0.717, 1.165) is 41.1 Å². The quantitative estimate of drug-likeness (QED) is 0.304. The van der Waals surface area contributed by atoms with Crippen LogP contribution in [0, 0.1) is 0 Å². The molecule has 3 amide bonds. The predicted octanol–water partition coefficient (Wildman–Crippen LogP) is 3.73. The minimum absolute atomic E-state index is 0.260. The maximum Gasteiger partial charge on any atom is 0.293 e. The number of hydrogen-bond acceptors (Lipinski definition) is 6. The third-order valence-corrected chi connectivity index (χ3v) is 5.39. The predicted molar refractivity (Wildman–Crippen MR) is 107 cm³/mol. The van der Waals surface area contributed by atoms with E-state index in [-0.39, 0.29) is 17.6 Å². The molecule has 1 aliphatic rings. The molecule has 8 heteroatoms. The molecule has 0 atom stereocenters. The molecule has 0 spiro atoms. The lowest BCUT2D eigenvalue weighted by molar-refractivity contribution is -0.129. The largest absolute Gasteiger partial charge is 0.293 e. The van der Waals surface area contributed by atoms with Crippen LogP contribution in [0.1, 0.15) is 37.7 Å². The normalized spacial score (nSPS) is 15.6. The van der Waals surface area contributed by atoms with E-state index in [1.165, 1.54) is 4.90 Å². The standard InChI is InChI=1S/C20H21N3O4S/c24-17(22-27)10-3-1-2-4-12-23-19(25)16(28-20(23)26)13-15-8-5-7-14-9-6-11-21-18(14)15/h5-9,11,13,27H,1-4,10,12H2,(H,22,24)/b16-13-. The Morgan fingerprint density at radius 1 is 1.14 bits per heavy atom. The van der Waals surface area contributed by atoms with Crippen molar-refractivity contribution in [3.63, 3.8) is 0 Å². The number of carbonyl (C=O) groups excluding carboxylic acids is 3. The number of rotatable bonds is 8. The van der Waals surface area contributed by atoms with Crippen molar-refractivity contribution in [3.05, 3.63) is 47.0 Å². The van der Waals surface area contributed by atoms with Crippen LogP contribution in [0.2, 0.25) is 0 Å². The number of aromatic nitrogens is 1. The molecule has 7 nitrogen and oxygen atoms in total. The number of benzene rings is 1. The molecule has 1 aliphatic heterocycles. The van der Waals surface area contributed by atoms with Crippen molar-refractivity contribution in [2.24, 2.45) is 0 Å². The van der Waals surface area contributed by atoms with Crippen molar-refractivity contribution >= 4 is 45.8 Å². The van der Waals surface area contributed by atoms with Crippen molar-refractivity contribution in [2.45, 2.75) is 32.1 Å². The van der Waals surface area contributed by atoms with E-state index >= 15 is 0 Å². The van der Waals surface area contributed by atoms with Gasteiger partial charge in [0.1, 0.15) is 0 Å². The van der Waals surface area contributed by atoms with Crippen molar-refractivity contribution in [2.75, 3.05) is 6.54 Å². The summed E-state index contributed by atoms with van der Waals surface area (Å²) in [5.74, 6) is -0.679. The smallest absolute Gasteiger partial charge is 0.289 e. The highest BCUT2D eigenvalue weighted by Gasteiger charge is 2.34. The maximum absolute atomic E-state index is 12.6. The first-order valence-corrected chi connectivity index (χ1v) is 9.94. The summed E-state index contributed by atoms with van der Waals surface area (Å²) in [5, 5.41) is 9.15. The fourth-order valence-corrected chi connectivity index (χ4v) is 3.90. The second-order valence-corrected chi connectivity index (χ2v) is 7.45. The SMILES string of the molecule is O=C(CCCCCCN1C(=O)S/C(=C\c2cccc3cccnc23)C1=O)NO. The van der Waals surface area contributed by atoms with E-state index in [1.807, 2.05) is 30.3 Å². The zero-order chi connectivity index (χ0) is 19.9. The number of thioether (sulfide) groups is 1. The summed E-state index contributed by atoms with van der Waals surface area (Å²) in [7, 11) is 0. The number of imide groups is 1. The highest BCUT2D eigenvalue weighted by atomic mass is 32.2. The summed E-state index contributed by atoms with van der Waals surface area (Å²) in [6.07, 6.45) is 6.63. The molecule has 0 radical (unpaired) electrons. The van der Waals surface area contributed by atoms with Gasteiger partial charge in [-0.25, -0.2) is 5.48 Å². The number of hydroxylamine groups is 1. The number of carbonyl (C=O) groups is 3. The number of hydrogen-bond donors (Lipinski definition) is 2. The van der Waals surface area contributed by atoms with Crippen molar-refractivity contribution < 1.29 is 19.6 Å². The van der Waals surface area contributed by atoms with Gasteiger partial charge in [-0.2, -0.15) is 0 Å². The third kappa shape index (κ3) is 4.76. The maximum atomic E-state index is 12.6. The van der Waals surface area contributed by atoms with Gasteiger partial charge in [-0.1, -0.05) is 37.1 Å². The van der Waals surface area contributed by atoms with E-state index in [9.17, 15) is 14.4 Å². The second-order valence-electron chi connectivity index (χ2n) is 6.45. The van der Waals surface area contributed by atoms with Crippen LogP contribution in [0.4, 0.5) is 4.79 Å². The van der Waals surface area contributed by atoms with Crippen molar-refractivity contribution in [3.8, 4) is 0 Å². The average Bonchev–Trinajstić information content (AvgIpc) is 2.97. The molecule has 2 N–H and O–H groups in total. The Bertz CT molecular complexity index is 923. The number of fused-ring (bicyclic) bond motifs is 1. The molecule has 0 aliphatic carbocycles. The number of pyridine rings is 1. The minimum atomic E-state index is -0.404. The number of para-hydroxylation sites is 1. The molecule has 2 heterocycles. The molecule has 146 valence electrons. The molecule has 1 aromatic carbocycles. The zero-order valence-electron chi connectivity index (χ0n) is 15.3. The molecular weight excluding hydrogens is 378 g/mol. The van der Waals surface area contributed by atoms with Crippen LogP contribution in [0.25, 0.3) is 17.0 Å². The lowest BCUT2D eigenvalue weighted by Crippen LogP contribution is -2.29. The van der Waals surface area contributed by atoms with Crippen LogP contribution in [0.15, 0.2) is 41.4 Å². The Labute approximate surface area is 166 Å². The van der Waals surface area contributed by atoms with Gasteiger partial charge in [-0.05, 0) is 36.7 Å². The van der Waals surface area contributed by atoms with Crippen molar-refractivity contribution in [1.82, 2.24) is 15.4 Å². The van der Waals surface area contributed by atoms with Gasteiger partial charge in [0.15, 0.2) is 0 Å². The fourth-order valence-electron chi connectivity index (χ4n) is 3.04. The fraction of sp³-hybridized carbons (Fsp3) is 0.300. The molecule has 0 bridgehead atoms. The van der Waals surface area contributed by atoms with Crippen LogP contribution in [-0.4, -0.2) is 38.7 Å². The number of amides is 3. The van der Waals surface area contributed by atoms with Gasteiger partial charge < -0.3 is 0 Å². The third-order valence-electron chi connectivity index (χ3n) is 4.48. The van der Waals surface area contributed by atoms with Crippen LogP contribution >= 0.6 is 11.8 Å². The summed E-state index contributed by atoms with van der Waals surface area (Å²) in [6.45, 7) is 0.363. The summed E-state index contributed by atoms with van der Waals surface area (Å²) >= 11 is 0.950. The van der Waals surface area contributed by atoms with Gasteiger partial charge in [-0.15, -0.1) is 0 Å². The number of unbranched alkanes of at least 4 members (excludes halogenated alkanes) is 3. The summed E-state index contributed by atoms with van der Waals surface area (Å²) in [5.41, 5.74) is 3.20. The Morgan fingerprint density at radius 2 is 1.93 bits per heavy atom. The lowest BCUT2D eigenvalue weighted by Gasteiger charge is -2.11. The van der Waals surface area contributed by atoms with Gasteiger partial charge in [0, 0.05) is 30.1 Å². The Morgan fingerprint density at radius 3 is 2.75 bits per heavy atom. The number of nitrogens with zero attached hydrogens (tertiary/aromatic N) is 2. The molecule has 0 unspecified atom stereocenters. The van der Waals surface area contributed by atoms with Crippen LogP contribution in [-0.2, 0) is 9.59 Å². The van der Waals surface area contributed by atoms with Crippen LogP contribution in [0.5, 0.6) is 0 Å². The topological polar surface area (TPSA) is 99.6 Å². The van der Waals surface area contributed by atoms with Crippen LogP contribution in [0.3, 0.4) is 0 Å². The van der Waals surface area contributed by atoms with Crippen molar-refractivity contribution in [1.29, 1.82) is 0 Å². The highest BCUT2D eigenvalue weighted by Crippen LogP contribution is 2.33. The Balaban J connectivity index is 1.59. The summed E-state index contributed by atoms with van der Waals surface area (Å²) in [4.78, 5) is 41.8. The van der Waals surface area contributed by atoms with E-state index < -0.39 is 5.91 Å². The van der Waals surface area contributed by atoms with E-state index in [4.69, 9.17) is 5.21 Å². The Kier molecular flexibility index (Phi) is 6.78. The first kappa shape index (κ1) is 20.0. The summed E-state index contributed by atoms with van der Waals surface area (Å²) < 4.78 is 0.